The number of amides is 4. The zero-order chi connectivity index (χ0) is 17.4. The smallest absolute Gasteiger partial charge is 0.325 e. The van der Waals surface area contributed by atoms with Gasteiger partial charge in [0.2, 0.25) is 5.91 Å². The molecule has 0 spiro atoms. The molecule has 0 aromatic heterocycles. The van der Waals surface area contributed by atoms with Crippen molar-refractivity contribution < 1.29 is 23.9 Å². The van der Waals surface area contributed by atoms with E-state index in [0.717, 1.165) is 18.4 Å². The second-order valence-electron chi connectivity index (χ2n) is 5.40. The van der Waals surface area contributed by atoms with Crippen molar-refractivity contribution in [2.24, 2.45) is 0 Å². The zero-order valence-corrected chi connectivity index (χ0v) is 13.0. The first-order chi connectivity index (χ1) is 11.5. The van der Waals surface area contributed by atoms with E-state index in [-0.39, 0.29) is 24.9 Å². The van der Waals surface area contributed by atoms with Crippen LogP contribution in [0.5, 0.6) is 0 Å². The molecule has 4 amide bonds. The Hall–Kier alpha value is -2.90. The summed E-state index contributed by atoms with van der Waals surface area (Å²) in [5.74, 6) is -1.81. The number of imide groups is 1. The van der Waals surface area contributed by atoms with Gasteiger partial charge in [-0.15, -0.1) is 0 Å². The quantitative estimate of drug-likeness (QED) is 0.602. The maximum Gasteiger partial charge on any atom is 0.325 e. The normalized spacial score (nSPS) is 12.8. The molecule has 128 valence electrons. The fourth-order valence-corrected chi connectivity index (χ4v) is 1.82. The standard InChI is InChI=1S/C16H19N3O5/c20-13(8-11-4-2-1-3-5-11)17-9-15(22)24-10-14(21)19-16(23)18-12-6-7-12/h1-5,12H,6-10H2,(H,17,20)(H2,18,19,21,23). The minimum Gasteiger partial charge on any atom is -0.454 e. The van der Waals surface area contributed by atoms with Gasteiger partial charge in [0, 0.05) is 6.04 Å². The van der Waals surface area contributed by atoms with E-state index in [1.165, 1.54) is 0 Å². The third-order valence-corrected chi connectivity index (χ3v) is 3.17. The van der Waals surface area contributed by atoms with Gasteiger partial charge in [-0.3, -0.25) is 19.7 Å². The predicted octanol–water partition coefficient (Wildman–Crippen LogP) is -0.123. The van der Waals surface area contributed by atoms with Crippen LogP contribution in [0.3, 0.4) is 0 Å². The number of rotatable bonds is 7. The second kappa shape index (κ2) is 8.66. The summed E-state index contributed by atoms with van der Waals surface area (Å²) in [6, 6.07) is 8.59. The van der Waals surface area contributed by atoms with Crippen LogP contribution >= 0.6 is 0 Å². The molecule has 24 heavy (non-hydrogen) atoms. The maximum absolute atomic E-state index is 11.7. The molecular formula is C16H19N3O5. The fraction of sp³-hybridized carbons (Fsp3) is 0.375. The van der Waals surface area contributed by atoms with Crippen molar-refractivity contribution in [1.82, 2.24) is 16.0 Å². The largest absolute Gasteiger partial charge is 0.454 e. The van der Waals surface area contributed by atoms with Crippen molar-refractivity contribution in [1.29, 1.82) is 0 Å². The Labute approximate surface area is 138 Å². The van der Waals surface area contributed by atoms with Crippen LogP contribution in [0, 0.1) is 0 Å². The van der Waals surface area contributed by atoms with Crippen LogP contribution in [0.15, 0.2) is 30.3 Å². The van der Waals surface area contributed by atoms with Gasteiger partial charge < -0.3 is 15.4 Å². The summed E-state index contributed by atoms with van der Waals surface area (Å²) >= 11 is 0. The van der Waals surface area contributed by atoms with Crippen LogP contribution in [0.25, 0.3) is 0 Å². The van der Waals surface area contributed by atoms with Crippen molar-refractivity contribution in [3.63, 3.8) is 0 Å². The van der Waals surface area contributed by atoms with Crippen LogP contribution in [0.1, 0.15) is 18.4 Å². The highest BCUT2D eigenvalue weighted by Gasteiger charge is 2.24. The van der Waals surface area contributed by atoms with Crippen LogP contribution < -0.4 is 16.0 Å². The van der Waals surface area contributed by atoms with Crippen molar-refractivity contribution in [3.8, 4) is 0 Å². The molecule has 1 aliphatic rings. The van der Waals surface area contributed by atoms with Gasteiger partial charge in [0.1, 0.15) is 6.54 Å². The number of hydrogen-bond acceptors (Lipinski definition) is 5. The summed E-state index contributed by atoms with van der Waals surface area (Å²) in [6.07, 6.45) is 1.95. The second-order valence-corrected chi connectivity index (χ2v) is 5.40. The molecule has 1 aliphatic carbocycles. The molecule has 3 N–H and O–H groups in total. The number of ether oxygens (including phenoxy) is 1. The third-order valence-electron chi connectivity index (χ3n) is 3.17. The molecule has 1 fully saturated rings. The Morgan fingerprint density at radius 2 is 1.75 bits per heavy atom. The molecular weight excluding hydrogens is 314 g/mol. The first-order valence-electron chi connectivity index (χ1n) is 7.59. The Morgan fingerprint density at radius 1 is 1.04 bits per heavy atom. The van der Waals surface area contributed by atoms with E-state index in [1.54, 1.807) is 12.1 Å². The number of nitrogens with one attached hydrogen (secondary N) is 3. The van der Waals surface area contributed by atoms with E-state index in [4.69, 9.17) is 0 Å². The molecule has 1 saturated carbocycles. The monoisotopic (exact) mass is 333 g/mol. The summed E-state index contributed by atoms with van der Waals surface area (Å²) in [6.45, 7) is -0.918. The van der Waals surface area contributed by atoms with Crippen LogP contribution in [-0.2, 0) is 25.5 Å². The summed E-state index contributed by atoms with van der Waals surface area (Å²) in [5, 5.41) is 7.02. The number of carbonyl (C=O) groups excluding carboxylic acids is 4. The summed E-state index contributed by atoms with van der Waals surface area (Å²) in [5.41, 5.74) is 0.824. The zero-order valence-electron chi connectivity index (χ0n) is 13.0. The molecule has 0 aliphatic heterocycles. The maximum atomic E-state index is 11.7. The highest BCUT2D eigenvalue weighted by molar-refractivity contribution is 5.95. The lowest BCUT2D eigenvalue weighted by molar-refractivity contribution is -0.148. The van der Waals surface area contributed by atoms with Gasteiger partial charge in [-0.05, 0) is 18.4 Å². The van der Waals surface area contributed by atoms with Crippen molar-refractivity contribution in [2.75, 3.05) is 13.2 Å². The van der Waals surface area contributed by atoms with E-state index in [9.17, 15) is 19.2 Å². The van der Waals surface area contributed by atoms with E-state index >= 15 is 0 Å². The van der Waals surface area contributed by atoms with Gasteiger partial charge >= 0.3 is 12.0 Å². The lowest BCUT2D eigenvalue weighted by Gasteiger charge is -2.07. The topological polar surface area (TPSA) is 114 Å². The fourth-order valence-electron chi connectivity index (χ4n) is 1.82. The number of esters is 1. The first-order valence-corrected chi connectivity index (χ1v) is 7.59. The van der Waals surface area contributed by atoms with Crippen molar-refractivity contribution >= 4 is 23.8 Å². The van der Waals surface area contributed by atoms with Crippen LogP contribution in [0.4, 0.5) is 4.79 Å². The molecule has 0 saturated heterocycles. The Balaban J connectivity index is 1.57. The third kappa shape index (κ3) is 6.91. The Morgan fingerprint density at radius 3 is 2.42 bits per heavy atom. The molecule has 8 heteroatoms. The van der Waals surface area contributed by atoms with E-state index in [1.807, 2.05) is 18.2 Å². The molecule has 1 aromatic carbocycles. The average molecular weight is 333 g/mol. The average Bonchev–Trinajstić information content (AvgIpc) is 3.35. The van der Waals surface area contributed by atoms with Gasteiger partial charge in [0.25, 0.3) is 5.91 Å². The highest BCUT2D eigenvalue weighted by atomic mass is 16.5. The van der Waals surface area contributed by atoms with Gasteiger partial charge in [-0.25, -0.2) is 4.79 Å². The SMILES string of the molecule is O=C(Cc1ccccc1)NCC(=O)OCC(=O)NC(=O)NC1CC1. The lowest BCUT2D eigenvalue weighted by Crippen LogP contribution is -2.42. The van der Waals surface area contributed by atoms with E-state index in [2.05, 4.69) is 20.7 Å². The number of hydrogen-bond donors (Lipinski definition) is 3. The molecule has 0 heterocycles. The van der Waals surface area contributed by atoms with E-state index in [0.29, 0.717) is 0 Å². The summed E-state index contributed by atoms with van der Waals surface area (Å²) in [4.78, 5) is 45.8. The molecule has 0 atom stereocenters. The molecule has 8 nitrogen and oxygen atoms in total. The van der Waals surface area contributed by atoms with Gasteiger partial charge in [0.15, 0.2) is 6.61 Å². The Kier molecular flexibility index (Phi) is 6.30. The van der Waals surface area contributed by atoms with Crippen LogP contribution in [0.2, 0.25) is 0 Å². The molecule has 1 aromatic rings. The molecule has 0 unspecified atom stereocenters. The van der Waals surface area contributed by atoms with Gasteiger partial charge in [0.05, 0.1) is 6.42 Å². The number of urea groups is 1. The van der Waals surface area contributed by atoms with Crippen molar-refractivity contribution in [3.05, 3.63) is 35.9 Å². The summed E-state index contributed by atoms with van der Waals surface area (Å²) < 4.78 is 4.68. The molecule has 0 radical (unpaired) electrons. The molecule has 2 rings (SSSR count). The summed E-state index contributed by atoms with van der Waals surface area (Å²) in [7, 11) is 0. The number of carbonyl (C=O) groups is 4. The van der Waals surface area contributed by atoms with Gasteiger partial charge in [-0.1, -0.05) is 30.3 Å². The minimum atomic E-state index is -0.755. The van der Waals surface area contributed by atoms with Crippen LogP contribution in [-0.4, -0.2) is 43.0 Å². The molecule has 0 bridgehead atoms. The number of benzene rings is 1. The highest BCUT2D eigenvalue weighted by Crippen LogP contribution is 2.18. The van der Waals surface area contributed by atoms with Crippen molar-refractivity contribution in [2.45, 2.75) is 25.3 Å². The first kappa shape index (κ1) is 17.5. The van der Waals surface area contributed by atoms with E-state index < -0.39 is 24.5 Å². The predicted molar refractivity (Wildman–Crippen MR) is 83.8 cm³/mol. The minimum absolute atomic E-state index is 0.125. The Bertz CT molecular complexity index is 613. The van der Waals surface area contributed by atoms with Gasteiger partial charge in [-0.2, -0.15) is 0 Å². The lowest BCUT2D eigenvalue weighted by atomic mass is 10.1.